The first-order valence-electron chi connectivity index (χ1n) is 8.91. The van der Waals surface area contributed by atoms with Gasteiger partial charge < -0.3 is 10.0 Å². The lowest BCUT2D eigenvalue weighted by atomic mass is 10.0. The highest BCUT2D eigenvalue weighted by atomic mass is 32.1. The van der Waals surface area contributed by atoms with Crippen molar-refractivity contribution in [2.75, 3.05) is 18.0 Å². The minimum absolute atomic E-state index is 0.00621. The third kappa shape index (κ3) is 3.42. The molecule has 2 aromatic carbocycles. The monoisotopic (exact) mass is 392 g/mol. The fraction of sp³-hybridized carbons (Fsp3) is 0.182. The number of nitriles is 1. The maximum Gasteiger partial charge on any atom is 0.160 e. The summed E-state index contributed by atoms with van der Waals surface area (Å²) < 4.78 is 14.1. The second-order valence-corrected chi connectivity index (χ2v) is 7.84. The van der Waals surface area contributed by atoms with Gasteiger partial charge in [0, 0.05) is 29.2 Å². The molecule has 3 aromatic rings. The van der Waals surface area contributed by atoms with Gasteiger partial charge in [-0.2, -0.15) is 5.26 Å². The highest BCUT2D eigenvalue weighted by Gasteiger charge is 2.21. The Labute approximate surface area is 166 Å². The largest absolute Gasteiger partial charge is 0.391 e. The van der Waals surface area contributed by atoms with Crippen LogP contribution in [-0.4, -0.2) is 30.6 Å². The molecular formula is C22H17FN2O2S. The van der Waals surface area contributed by atoms with E-state index in [2.05, 4.69) is 4.90 Å². The van der Waals surface area contributed by atoms with Crippen molar-refractivity contribution in [1.29, 1.82) is 5.26 Å². The van der Waals surface area contributed by atoms with Crippen LogP contribution >= 0.6 is 11.3 Å². The van der Waals surface area contributed by atoms with Gasteiger partial charge in [-0.25, -0.2) is 4.39 Å². The number of aldehydes is 1. The number of hydrogen-bond donors (Lipinski definition) is 1. The Bertz CT molecular complexity index is 1070. The first-order chi connectivity index (χ1) is 13.6. The smallest absolute Gasteiger partial charge is 0.160 e. The lowest BCUT2D eigenvalue weighted by molar-refractivity contribution is 0.112. The zero-order chi connectivity index (χ0) is 19.7. The number of thiophene rings is 1. The van der Waals surface area contributed by atoms with Crippen LogP contribution < -0.4 is 4.90 Å². The van der Waals surface area contributed by atoms with E-state index in [4.69, 9.17) is 5.26 Å². The Morgan fingerprint density at radius 3 is 2.54 bits per heavy atom. The van der Waals surface area contributed by atoms with Crippen LogP contribution in [-0.2, 0) is 0 Å². The number of aliphatic hydroxyl groups is 1. The van der Waals surface area contributed by atoms with Gasteiger partial charge in [0.25, 0.3) is 0 Å². The molecule has 0 bridgehead atoms. The second kappa shape index (κ2) is 7.55. The molecule has 4 nitrogen and oxygen atoms in total. The van der Waals surface area contributed by atoms with Crippen LogP contribution in [0.2, 0.25) is 0 Å². The van der Waals surface area contributed by atoms with E-state index in [0.29, 0.717) is 17.0 Å². The Morgan fingerprint density at radius 2 is 1.93 bits per heavy atom. The van der Waals surface area contributed by atoms with E-state index < -0.39 is 5.82 Å². The topological polar surface area (TPSA) is 64.3 Å². The normalized spacial score (nSPS) is 16.2. The Kier molecular flexibility index (Phi) is 4.95. The van der Waals surface area contributed by atoms with E-state index in [1.54, 1.807) is 12.1 Å². The van der Waals surface area contributed by atoms with E-state index in [1.807, 2.05) is 30.3 Å². The van der Waals surface area contributed by atoms with Crippen molar-refractivity contribution >= 4 is 23.3 Å². The van der Waals surface area contributed by atoms with Gasteiger partial charge >= 0.3 is 0 Å². The second-order valence-electron chi connectivity index (χ2n) is 6.75. The van der Waals surface area contributed by atoms with Crippen LogP contribution in [0.4, 0.5) is 10.1 Å². The van der Waals surface area contributed by atoms with Gasteiger partial charge in [-0.1, -0.05) is 18.2 Å². The van der Waals surface area contributed by atoms with Gasteiger partial charge in [-0.3, -0.25) is 4.79 Å². The number of anilines is 1. The molecule has 1 aromatic heterocycles. The number of aliphatic hydroxyl groups excluding tert-OH is 1. The first kappa shape index (κ1) is 18.4. The zero-order valence-electron chi connectivity index (χ0n) is 14.9. The summed E-state index contributed by atoms with van der Waals surface area (Å²) >= 11 is 1.35. The molecule has 4 rings (SSSR count). The van der Waals surface area contributed by atoms with Crippen LogP contribution in [0.5, 0.6) is 0 Å². The minimum atomic E-state index is -0.576. The Hall–Kier alpha value is -3.01. The third-order valence-electron chi connectivity index (χ3n) is 4.93. The molecule has 1 aliphatic heterocycles. The molecule has 0 radical (unpaired) electrons. The number of nitrogens with zero attached hydrogens (tertiary/aromatic N) is 2. The molecule has 140 valence electrons. The average molecular weight is 392 g/mol. The van der Waals surface area contributed by atoms with Crippen molar-refractivity contribution in [3.63, 3.8) is 0 Å². The third-order valence-corrected chi connectivity index (χ3v) is 6.04. The standard InChI is InChI=1S/C22H17FN2O2S/c23-21-9-15(1-2-16(21)11-24)20-10-19(13-26)28-22(20)14-3-5-17(6-4-14)25-8-7-18(27)12-25/h1-6,9-10,13,18,27H,7-8,12H2. The van der Waals surface area contributed by atoms with Crippen molar-refractivity contribution in [1.82, 2.24) is 0 Å². The number of benzene rings is 2. The molecule has 1 atom stereocenters. The number of hydrogen-bond acceptors (Lipinski definition) is 5. The highest BCUT2D eigenvalue weighted by Crippen LogP contribution is 2.40. The maximum absolute atomic E-state index is 14.1. The van der Waals surface area contributed by atoms with Gasteiger partial charge in [-0.05, 0) is 47.9 Å². The molecule has 1 saturated heterocycles. The number of β-amino-alcohol motifs (C(OH)–C–C–N with tert-alkyl or cyclic N) is 1. The highest BCUT2D eigenvalue weighted by molar-refractivity contribution is 7.17. The summed E-state index contributed by atoms with van der Waals surface area (Å²) in [5, 5.41) is 18.7. The molecule has 0 spiro atoms. The molecule has 0 saturated carbocycles. The minimum Gasteiger partial charge on any atom is -0.391 e. The van der Waals surface area contributed by atoms with Crippen molar-refractivity contribution in [2.24, 2.45) is 0 Å². The molecule has 0 amide bonds. The first-order valence-corrected chi connectivity index (χ1v) is 9.73. The van der Waals surface area contributed by atoms with Crippen molar-refractivity contribution in [3.05, 3.63) is 64.8 Å². The van der Waals surface area contributed by atoms with Crippen LogP contribution in [0, 0.1) is 17.1 Å². The maximum atomic E-state index is 14.1. The molecule has 28 heavy (non-hydrogen) atoms. The van der Waals surface area contributed by atoms with E-state index in [9.17, 15) is 14.3 Å². The number of rotatable bonds is 4. The molecule has 0 aliphatic carbocycles. The van der Waals surface area contributed by atoms with Crippen molar-refractivity contribution < 1.29 is 14.3 Å². The van der Waals surface area contributed by atoms with Gasteiger partial charge in [0.1, 0.15) is 11.9 Å². The predicted molar refractivity (Wildman–Crippen MR) is 108 cm³/mol. The van der Waals surface area contributed by atoms with E-state index in [1.165, 1.54) is 23.5 Å². The molecule has 1 fully saturated rings. The van der Waals surface area contributed by atoms with Crippen molar-refractivity contribution in [2.45, 2.75) is 12.5 Å². The number of halogens is 1. The van der Waals surface area contributed by atoms with Crippen LogP contribution in [0.3, 0.4) is 0 Å². The van der Waals surface area contributed by atoms with E-state index in [-0.39, 0.29) is 11.7 Å². The molecule has 2 heterocycles. The van der Waals surface area contributed by atoms with Gasteiger partial charge in [0.2, 0.25) is 0 Å². The molecule has 1 N–H and O–H groups in total. The molecule has 6 heteroatoms. The summed E-state index contributed by atoms with van der Waals surface area (Å²) in [5.41, 5.74) is 3.36. The predicted octanol–water partition coefficient (Wildman–Crippen LogP) is 4.48. The Balaban J connectivity index is 1.72. The van der Waals surface area contributed by atoms with Crippen LogP contribution in [0.25, 0.3) is 21.6 Å². The number of carbonyl (C=O) groups is 1. The Morgan fingerprint density at radius 1 is 1.18 bits per heavy atom. The fourth-order valence-corrected chi connectivity index (χ4v) is 4.47. The molecular weight excluding hydrogens is 375 g/mol. The van der Waals surface area contributed by atoms with Crippen LogP contribution in [0.1, 0.15) is 21.7 Å². The summed E-state index contributed by atoms with van der Waals surface area (Å²) in [6.07, 6.45) is 1.27. The molecule has 1 aliphatic rings. The van der Waals surface area contributed by atoms with Gasteiger partial charge in [0.05, 0.1) is 16.5 Å². The van der Waals surface area contributed by atoms with Crippen molar-refractivity contribution in [3.8, 4) is 27.6 Å². The quantitative estimate of drug-likeness (QED) is 0.665. The van der Waals surface area contributed by atoms with Crippen LogP contribution in [0.15, 0.2) is 48.5 Å². The summed E-state index contributed by atoms with van der Waals surface area (Å²) in [4.78, 5) is 14.9. The van der Waals surface area contributed by atoms with Gasteiger partial charge in [-0.15, -0.1) is 11.3 Å². The average Bonchev–Trinajstić information content (AvgIpc) is 3.34. The summed E-state index contributed by atoms with van der Waals surface area (Å²) in [7, 11) is 0. The zero-order valence-corrected chi connectivity index (χ0v) is 15.7. The summed E-state index contributed by atoms with van der Waals surface area (Å²) in [5.74, 6) is -0.576. The summed E-state index contributed by atoms with van der Waals surface area (Å²) in [6, 6.07) is 16.0. The lowest BCUT2D eigenvalue weighted by Gasteiger charge is -2.18. The van der Waals surface area contributed by atoms with Gasteiger partial charge in [0.15, 0.2) is 6.29 Å². The van der Waals surface area contributed by atoms with E-state index >= 15 is 0 Å². The SMILES string of the molecule is N#Cc1ccc(-c2cc(C=O)sc2-c2ccc(N3CCC(O)C3)cc2)cc1F. The molecule has 1 unspecified atom stereocenters. The summed E-state index contributed by atoms with van der Waals surface area (Å²) in [6.45, 7) is 1.45. The number of carbonyl (C=O) groups excluding carboxylic acids is 1. The lowest BCUT2D eigenvalue weighted by Crippen LogP contribution is -2.20. The van der Waals surface area contributed by atoms with E-state index in [0.717, 1.165) is 40.9 Å². The fourth-order valence-electron chi connectivity index (χ4n) is 3.47.